The molecule has 0 saturated carbocycles. The Labute approximate surface area is 473 Å². The first kappa shape index (κ1) is 73.4. The number of aliphatic hydroxyl groups is 1. The Kier molecular flexibility index (Phi) is 55.0. The fraction of sp³-hybridized carbons (Fsp3) is 0.591. The van der Waals surface area contributed by atoms with E-state index in [1.54, 1.807) is 0 Å². The first-order valence-electron chi connectivity index (χ1n) is 29.7. The fourth-order valence-electron chi connectivity index (χ4n) is 7.33. The molecule has 0 heterocycles. The third-order valence-corrected chi connectivity index (χ3v) is 12.7. The Hall–Kier alpha value is -4.64. The van der Waals surface area contributed by atoms with E-state index in [4.69, 9.17) is 23.3 Å². The van der Waals surface area contributed by atoms with E-state index in [1.165, 1.54) is 0 Å². The summed E-state index contributed by atoms with van der Waals surface area (Å²) in [7, 11) is -4.78. The molecule has 0 radical (unpaired) electrons. The van der Waals surface area contributed by atoms with E-state index in [0.29, 0.717) is 19.3 Å². The normalized spacial score (nSPS) is 14.4. The second-order valence-electron chi connectivity index (χ2n) is 19.0. The van der Waals surface area contributed by atoms with Crippen molar-refractivity contribution in [2.24, 2.45) is 0 Å². The van der Waals surface area contributed by atoms with Gasteiger partial charge in [0.05, 0.1) is 19.8 Å². The molecule has 0 aliphatic carbocycles. The predicted octanol–water partition coefficient (Wildman–Crippen LogP) is 17.9. The zero-order chi connectivity index (χ0) is 56.9. The predicted molar refractivity (Wildman–Crippen MR) is 325 cm³/mol. The highest BCUT2D eigenvalue weighted by molar-refractivity contribution is 7.47. The largest absolute Gasteiger partial charge is 0.472 e. The monoisotopic (exact) mass is 1100 g/mol. The van der Waals surface area contributed by atoms with Crippen molar-refractivity contribution >= 4 is 25.7 Å². The lowest BCUT2D eigenvalue weighted by Crippen LogP contribution is -2.30. The summed E-state index contributed by atoms with van der Waals surface area (Å²) in [6.07, 6.45) is 75.1. The summed E-state index contributed by atoms with van der Waals surface area (Å²) in [5.41, 5.74) is 0. The molecule has 0 saturated heterocycles. The van der Waals surface area contributed by atoms with Crippen molar-refractivity contribution in [2.75, 3.05) is 26.4 Å². The zero-order valence-corrected chi connectivity index (χ0v) is 49.5. The third-order valence-electron chi connectivity index (χ3n) is 11.7. The minimum absolute atomic E-state index is 0.113. The van der Waals surface area contributed by atoms with E-state index in [9.17, 15) is 28.9 Å². The molecule has 0 aliphatic heterocycles. The standard InChI is InChI=1S/C66H105O11P/c1-4-7-10-13-16-19-22-25-28-30-31-33-36-39-42-45-48-51-54-57-66(70)77-63(59-73-64(68)55-52-49-46-43-40-37-35-32-29-26-23-20-17-14-11-8-5-2)61-75-78(71,72)74-60-62(58-67)76-65(69)56-53-50-47-44-41-38-34-27-24-21-18-15-12-9-6-3/h7-12,16-21,25-29,31,33-35,37,39,42,62-63,67H,4-6,13-15,22-24,30,32,36,38,40-41,43-61H2,1-3H3,(H,71,72)/b10-7-,11-8-,12-9-,19-16-,20-17-,21-18-,28-25-,29-26-,33-31-,34-27-,37-35-,42-39-. The van der Waals surface area contributed by atoms with E-state index in [0.717, 1.165) is 154 Å². The van der Waals surface area contributed by atoms with Crippen LogP contribution in [0.5, 0.6) is 0 Å². The maximum atomic E-state index is 12.9. The van der Waals surface area contributed by atoms with E-state index in [2.05, 4.69) is 167 Å². The summed E-state index contributed by atoms with van der Waals surface area (Å²) in [5, 5.41) is 9.83. The number of esters is 3. The minimum Gasteiger partial charge on any atom is -0.462 e. The number of rotatable bonds is 53. The highest BCUT2D eigenvalue weighted by Crippen LogP contribution is 2.43. The van der Waals surface area contributed by atoms with Gasteiger partial charge in [-0.05, 0) is 135 Å². The second-order valence-corrected chi connectivity index (χ2v) is 20.5. The first-order chi connectivity index (χ1) is 38.2. The molecular weight excluding hydrogens is 1000 g/mol. The summed E-state index contributed by atoms with van der Waals surface area (Å²) in [6.45, 7) is 4.20. The Morgan fingerprint density at radius 1 is 0.359 bits per heavy atom. The second kappa shape index (κ2) is 58.5. The average Bonchev–Trinajstić information content (AvgIpc) is 3.43. The zero-order valence-electron chi connectivity index (χ0n) is 48.6. The molecule has 3 unspecified atom stereocenters. The molecule has 0 fully saturated rings. The fourth-order valence-corrected chi connectivity index (χ4v) is 8.11. The molecule has 0 aromatic carbocycles. The number of ether oxygens (including phenoxy) is 3. The van der Waals surface area contributed by atoms with Crippen LogP contribution in [0.2, 0.25) is 0 Å². The maximum absolute atomic E-state index is 12.9. The Balaban J connectivity index is 4.87. The van der Waals surface area contributed by atoms with E-state index in [-0.39, 0.29) is 25.9 Å². The van der Waals surface area contributed by atoms with Crippen molar-refractivity contribution < 1.29 is 52.2 Å². The topological polar surface area (TPSA) is 155 Å². The van der Waals surface area contributed by atoms with E-state index in [1.807, 2.05) is 0 Å². The number of aliphatic hydroxyl groups excluding tert-OH is 1. The number of carbonyl (C=O) groups is 3. The molecule has 440 valence electrons. The van der Waals surface area contributed by atoms with Crippen molar-refractivity contribution in [1.29, 1.82) is 0 Å². The van der Waals surface area contributed by atoms with Crippen LogP contribution in [-0.4, -0.2) is 66.5 Å². The molecular formula is C66H105O11P. The van der Waals surface area contributed by atoms with Crippen LogP contribution in [0.3, 0.4) is 0 Å². The number of hydrogen-bond donors (Lipinski definition) is 2. The van der Waals surface area contributed by atoms with Gasteiger partial charge in [0.15, 0.2) is 6.10 Å². The number of allylic oxidation sites excluding steroid dienone is 24. The van der Waals surface area contributed by atoms with Gasteiger partial charge in [-0.25, -0.2) is 4.57 Å². The molecule has 0 bridgehead atoms. The number of hydrogen-bond acceptors (Lipinski definition) is 10. The van der Waals surface area contributed by atoms with Crippen LogP contribution in [-0.2, 0) is 42.2 Å². The van der Waals surface area contributed by atoms with Crippen molar-refractivity contribution in [1.82, 2.24) is 0 Å². The maximum Gasteiger partial charge on any atom is 0.472 e. The molecule has 3 atom stereocenters. The van der Waals surface area contributed by atoms with Gasteiger partial charge in [-0.2, -0.15) is 0 Å². The van der Waals surface area contributed by atoms with Crippen LogP contribution in [0.1, 0.15) is 213 Å². The van der Waals surface area contributed by atoms with Gasteiger partial charge in [0.1, 0.15) is 12.7 Å². The lowest BCUT2D eigenvalue weighted by Gasteiger charge is -2.21. The van der Waals surface area contributed by atoms with Gasteiger partial charge in [-0.3, -0.25) is 23.4 Å². The van der Waals surface area contributed by atoms with Gasteiger partial charge >= 0.3 is 25.7 Å². The van der Waals surface area contributed by atoms with Gasteiger partial charge in [-0.1, -0.05) is 205 Å². The SMILES string of the molecule is CC/C=C\C/C=C\C/C=C\C/C=C\C/C=C\CCCCCC(=O)OC(COC(=O)CCCCCC/C=C\C/C=C\C/C=C\C/C=C\CC)COP(=O)(O)OCC(CO)OC(=O)CCCCCCC/C=C\C/C=C\C/C=C\CC. The van der Waals surface area contributed by atoms with E-state index >= 15 is 0 Å². The van der Waals surface area contributed by atoms with Crippen LogP contribution in [0.4, 0.5) is 0 Å². The average molecular weight is 1110 g/mol. The molecule has 0 amide bonds. The Morgan fingerprint density at radius 2 is 0.628 bits per heavy atom. The van der Waals surface area contributed by atoms with Crippen LogP contribution in [0.25, 0.3) is 0 Å². The van der Waals surface area contributed by atoms with Crippen LogP contribution in [0, 0.1) is 0 Å². The highest BCUT2D eigenvalue weighted by Gasteiger charge is 2.28. The summed E-state index contributed by atoms with van der Waals surface area (Å²) in [6, 6.07) is 0. The van der Waals surface area contributed by atoms with Crippen molar-refractivity contribution in [2.45, 2.75) is 226 Å². The van der Waals surface area contributed by atoms with E-state index < -0.39 is 57.8 Å². The molecule has 0 spiro atoms. The van der Waals surface area contributed by atoms with Gasteiger partial charge in [0.2, 0.25) is 0 Å². The number of unbranched alkanes of at least 4 members (excludes halogenated alkanes) is 12. The van der Waals surface area contributed by atoms with Crippen LogP contribution < -0.4 is 0 Å². The Bertz CT molecular complexity index is 1860. The van der Waals surface area contributed by atoms with Crippen LogP contribution >= 0.6 is 7.82 Å². The van der Waals surface area contributed by atoms with Crippen molar-refractivity contribution in [3.63, 3.8) is 0 Å². The molecule has 12 heteroatoms. The number of phosphoric acid groups is 1. The minimum atomic E-state index is -4.78. The van der Waals surface area contributed by atoms with Crippen LogP contribution in [0.15, 0.2) is 146 Å². The van der Waals surface area contributed by atoms with Gasteiger partial charge in [0.25, 0.3) is 0 Å². The molecule has 2 N–H and O–H groups in total. The van der Waals surface area contributed by atoms with Crippen molar-refractivity contribution in [3.8, 4) is 0 Å². The summed E-state index contributed by atoms with van der Waals surface area (Å²) >= 11 is 0. The molecule has 0 aromatic rings. The molecule has 0 aliphatic rings. The quantitative estimate of drug-likeness (QED) is 0.0197. The molecule has 78 heavy (non-hydrogen) atoms. The molecule has 0 aromatic heterocycles. The molecule has 0 rings (SSSR count). The third kappa shape index (κ3) is 56.1. The lowest BCUT2D eigenvalue weighted by atomic mass is 10.1. The Morgan fingerprint density at radius 3 is 0.974 bits per heavy atom. The van der Waals surface area contributed by atoms with Gasteiger partial charge in [0, 0.05) is 19.3 Å². The highest BCUT2D eigenvalue weighted by atomic mass is 31.2. The summed E-state index contributed by atoms with van der Waals surface area (Å²) in [5.74, 6) is -1.57. The summed E-state index contributed by atoms with van der Waals surface area (Å²) in [4.78, 5) is 48.6. The number of carbonyl (C=O) groups excluding carboxylic acids is 3. The summed E-state index contributed by atoms with van der Waals surface area (Å²) < 4.78 is 39.5. The van der Waals surface area contributed by atoms with Gasteiger partial charge in [-0.15, -0.1) is 0 Å². The number of phosphoric ester groups is 1. The molecule has 11 nitrogen and oxygen atoms in total. The van der Waals surface area contributed by atoms with Gasteiger partial charge < -0.3 is 24.2 Å². The first-order valence-corrected chi connectivity index (χ1v) is 31.2. The smallest absolute Gasteiger partial charge is 0.462 e. The lowest BCUT2D eigenvalue weighted by molar-refractivity contribution is -0.161. The van der Waals surface area contributed by atoms with Crippen molar-refractivity contribution in [3.05, 3.63) is 146 Å².